The van der Waals surface area contributed by atoms with Gasteiger partial charge in [-0.3, -0.25) is 10.2 Å². The standard InChI is InChI=1S/C14H19NO2S2/c1-5-17-12(15)11-8-6-14(2,3)7-9(16)10(8)13(18-4)19-11/h15H,5-7H2,1-4H3. The van der Waals surface area contributed by atoms with Crippen LogP contribution in [0.15, 0.2) is 4.21 Å². The Labute approximate surface area is 122 Å². The van der Waals surface area contributed by atoms with Crippen LogP contribution in [0.1, 0.15) is 48.0 Å². The van der Waals surface area contributed by atoms with Gasteiger partial charge in [-0.25, -0.2) is 0 Å². The minimum absolute atomic E-state index is 0.0257. The van der Waals surface area contributed by atoms with E-state index in [-0.39, 0.29) is 17.1 Å². The molecule has 0 saturated heterocycles. The van der Waals surface area contributed by atoms with Crippen molar-refractivity contribution in [3.63, 3.8) is 0 Å². The molecule has 104 valence electrons. The summed E-state index contributed by atoms with van der Waals surface area (Å²) >= 11 is 3.11. The molecule has 1 aliphatic rings. The Bertz CT molecular complexity index is 532. The predicted octanol–water partition coefficient (Wildman–Crippen LogP) is 3.99. The van der Waals surface area contributed by atoms with E-state index in [1.807, 2.05) is 13.2 Å². The number of hydrogen-bond donors (Lipinski definition) is 1. The molecule has 0 bridgehead atoms. The maximum absolute atomic E-state index is 12.4. The summed E-state index contributed by atoms with van der Waals surface area (Å²) in [5, 5.41) is 8.02. The van der Waals surface area contributed by atoms with E-state index >= 15 is 0 Å². The number of rotatable bonds is 3. The van der Waals surface area contributed by atoms with E-state index < -0.39 is 0 Å². The lowest BCUT2D eigenvalue weighted by molar-refractivity contribution is 0.0910. The van der Waals surface area contributed by atoms with Gasteiger partial charge >= 0.3 is 0 Å². The Morgan fingerprint density at radius 3 is 2.74 bits per heavy atom. The van der Waals surface area contributed by atoms with Crippen molar-refractivity contribution in [3.8, 4) is 0 Å². The molecule has 0 amide bonds. The van der Waals surface area contributed by atoms with Gasteiger partial charge in [0.15, 0.2) is 5.78 Å². The van der Waals surface area contributed by atoms with Gasteiger partial charge < -0.3 is 4.74 Å². The van der Waals surface area contributed by atoms with Crippen LogP contribution < -0.4 is 0 Å². The zero-order valence-corrected chi connectivity index (χ0v) is 13.4. The van der Waals surface area contributed by atoms with Gasteiger partial charge in [-0.1, -0.05) is 13.8 Å². The average molecular weight is 297 g/mol. The van der Waals surface area contributed by atoms with Gasteiger partial charge in [-0.2, -0.15) is 0 Å². The quantitative estimate of drug-likeness (QED) is 0.521. The Morgan fingerprint density at radius 1 is 1.47 bits per heavy atom. The first-order chi connectivity index (χ1) is 8.89. The number of ether oxygens (including phenoxy) is 1. The van der Waals surface area contributed by atoms with Gasteiger partial charge in [0.05, 0.1) is 15.7 Å². The number of fused-ring (bicyclic) bond motifs is 1. The van der Waals surface area contributed by atoms with Crippen molar-refractivity contribution in [2.24, 2.45) is 5.41 Å². The highest BCUT2D eigenvalue weighted by atomic mass is 32.2. The summed E-state index contributed by atoms with van der Waals surface area (Å²) in [6.07, 6.45) is 3.41. The molecule has 0 fully saturated rings. The summed E-state index contributed by atoms with van der Waals surface area (Å²) in [5.41, 5.74) is 1.84. The molecule has 1 heterocycles. The van der Waals surface area contributed by atoms with Crippen molar-refractivity contribution in [1.29, 1.82) is 5.41 Å². The molecule has 0 spiro atoms. The lowest BCUT2D eigenvalue weighted by atomic mass is 9.74. The molecule has 5 heteroatoms. The number of carbonyl (C=O) groups excluding carboxylic acids is 1. The lowest BCUT2D eigenvalue weighted by Gasteiger charge is -2.29. The zero-order chi connectivity index (χ0) is 14.2. The van der Waals surface area contributed by atoms with Crippen LogP contribution in [0.4, 0.5) is 0 Å². The molecule has 19 heavy (non-hydrogen) atoms. The molecular weight excluding hydrogens is 278 g/mol. The van der Waals surface area contributed by atoms with Crippen molar-refractivity contribution in [3.05, 3.63) is 16.0 Å². The Kier molecular flexibility index (Phi) is 4.06. The van der Waals surface area contributed by atoms with E-state index in [1.54, 1.807) is 11.8 Å². The Balaban J connectivity index is 2.54. The maximum atomic E-state index is 12.4. The van der Waals surface area contributed by atoms with Crippen molar-refractivity contribution in [2.75, 3.05) is 12.9 Å². The van der Waals surface area contributed by atoms with Crippen LogP contribution in [-0.4, -0.2) is 24.5 Å². The van der Waals surface area contributed by atoms with Crippen LogP contribution in [-0.2, 0) is 11.2 Å². The molecule has 1 aromatic rings. The molecule has 0 aliphatic heterocycles. The molecule has 1 aromatic heterocycles. The van der Waals surface area contributed by atoms with Crippen LogP contribution in [0.5, 0.6) is 0 Å². The van der Waals surface area contributed by atoms with Crippen LogP contribution in [0.25, 0.3) is 0 Å². The fraction of sp³-hybridized carbons (Fsp3) is 0.571. The average Bonchev–Trinajstić information content (AvgIpc) is 2.66. The second kappa shape index (κ2) is 5.29. The first-order valence-electron chi connectivity index (χ1n) is 6.34. The molecular formula is C14H19NO2S2. The summed E-state index contributed by atoms with van der Waals surface area (Å²) in [6, 6.07) is 0. The van der Waals surface area contributed by atoms with E-state index in [0.29, 0.717) is 13.0 Å². The molecule has 1 aliphatic carbocycles. The third-order valence-electron chi connectivity index (χ3n) is 3.23. The number of ketones is 1. The van der Waals surface area contributed by atoms with Crippen LogP contribution in [0.2, 0.25) is 0 Å². The van der Waals surface area contributed by atoms with Crippen molar-refractivity contribution < 1.29 is 9.53 Å². The largest absolute Gasteiger partial charge is 0.477 e. The molecule has 0 atom stereocenters. The van der Waals surface area contributed by atoms with Crippen molar-refractivity contribution in [1.82, 2.24) is 0 Å². The predicted molar refractivity (Wildman–Crippen MR) is 81.0 cm³/mol. The van der Waals surface area contributed by atoms with Crippen molar-refractivity contribution in [2.45, 2.75) is 37.8 Å². The molecule has 2 rings (SSSR count). The van der Waals surface area contributed by atoms with Gasteiger partial charge in [0.25, 0.3) is 0 Å². The Morgan fingerprint density at radius 2 is 2.16 bits per heavy atom. The van der Waals surface area contributed by atoms with E-state index in [0.717, 1.165) is 26.6 Å². The normalized spacial score (nSPS) is 17.2. The number of carbonyl (C=O) groups is 1. The fourth-order valence-corrected chi connectivity index (χ4v) is 4.49. The summed E-state index contributed by atoms with van der Waals surface area (Å²) in [5.74, 6) is 0.414. The van der Waals surface area contributed by atoms with E-state index in [2.05, 4.69) is 13.8 Å². The second-order valence-electron chi connectivity index (χ2n) is 5.48. The first-order valence-corrected chi connectivity index (χ1v) is 8.38. The molecule has 0 saturated carbocycles. The highest BCUT2D eigenvalue weighted by Crippen LogP contribution is 2.44. The number of thioether (sulfide) groups is 1. The number of thiophene rings is 1. The molecule has 0 unspecified atom stereocenters. The molecule has 1 N–H and O–H groups in total. The molecule has 3 nitrogen and oxygen atoms in total. The van der Waals surface area contributed by atoms with Gasteiger partial charge in [0, 0.05) is 12.0 Å². The molecule has 0 radical (unpaired) electrons. The third-order valence-corrected chi connectivity index (χ3v) is 5.58. The van der Waals surface area contributed by atoms with Gasteiger partial charge in [-0.15, -0.1) is 23.1 Å². The topological polar surface area (TPSA) is 50.1 Å². The minimum Gasteiger partial charge on any atom is -0.477 e. The van der Waals surface area contributed by atoms with Gasteiger partial charge in [-0.05, 0) is 30.6 Å². The van der Waals surface area contributed by atoms with Gasteiger partial charge in [0.2, 0.25) is 5.90 Å². The van der Waals surface area contributed by atoms with Crippen LogP contribution >= 0.6 is 23.1 Å². The lowest BCUT2D eigenvalue weighted by Crippen LogP contribution is -2.27. The first kappa shape index (κ1) is 14.6. The smallest absolute Gasteiger partial charge is 0.223 e. The van der Waals surface area contributed by atoms with Gasteiger partial charge in [0.1, 0.15) is 0 Å². The summed E-state index contributed by atoms with van der Waals surface area (Å²) < 4.78 is 6.35. The van der Waals surface area contributed by atoms with Crippen LogP contribution in [0.3, 0.4) is 0 Å². The summed E-state index contributed by atoms with van der Waals surface area (Å²) in [4.78, 5) is 13.2. The third kappa shape index (κ3) is 2.72. The SMILES string of the molecule is CCOC(=N)c1sc(SC)c2c1CC(C)(C)CC2=O. The van der Waals surface area contributed by atoms with E-state index in [4.69, 9.17) is 10.1 Å². The monoisotopic (exact) mass is 297 g/mol. The maximum Gasteiger partial charge on any atom is 0.223 e. The van der Waals surface area contributed by atoms with Crippen LogP contribution in [0, 0.1) is 10.8 Å². The number of nitrogens with one attached hydrogen (secondary N) is 1. The van der Waals surface area contributed by atoms with E-state index in [1.165, 1.54) is 11.3 Å². The molecule has 0 aromatic carbocycles. The summed E-state index contributed by atoms with van der Waals surface area (Å²) in [6.45, 7) is 6.58. The fourth-order valence-electron chi connectivity index (χ4n) is 2.49. The second-order valence-corrected chi connectivity index (χ2v) is 7.57. The number of hydrogen-bond acceptors (Lipinski definition) is 5. The minimum atomic E-state index is -0.0257. The summed E-state index contributed by atoms with van der Waals surface area (Å²) in [7, 11) is 0. The van der Waals surface area contributed by atoms with E-state index in [9.17, 15) is 4.79 Å². The van der Waals surface area contributed by atoms with Crippen molar-refractivity contribution >= 4 is 34.8 Å². The number of Topliss-reactive ketones (excluding diaryl/α,β-unsaturated/α-hetero) is 1. The highest BCUT2D eigenvalue weighted by Gasteiger charge is 2.36. The Hall–Kier alpha value is -0.810. The zero-order valence-electron chi connectivity index (χ0n) is 11.8. The highest BCUT2D eigenvalue weighted by molar-refractivity contribution is 8.00.